The van der Waals surface area contributed by atoms with Crippen molar-refractivity contribution in [3.05, 3.63) is 41.5 Å². The predicted molar refractivity (Wildman–Crippen MR) is 96.4 cm³/mol. The van der Waals surface area contributed by atoms with E-state index in [2.05, 4.69) is 30.3 Å². The predicted octanol–water partition coefficient (Wildman–Crippen LogP) is 4.09. The Morgan fingerprint density at radius 1 is 1.25 bits per heavy atom. The van der Waals surface area contributed by atoms with Crippen LogP contribution in [0.5, 0.6) is 0 Å². The van der Waals surface area contributed by atoms with E-state index in [1.54, 1.807) is 0 Å². The number of amides is 1. The van der Waals surface area contributed by atoms with Gasteiger partial charge < -0.3 is 10.5 Å². The van der Waals surface area contributed by atoms with Crippen LogP contribution in [0.3, 0.4) is 0 Å². The fourth-order valence-electron chi connectivity index (χ4n) is 3.70. The van der Waals surface area contributed by atoms with Gasteiger partial charge in [0.15, 0.2) is 0 Å². The zero-order chi connectivity index (χ0) is 17.3. The molecule has 130 valence electrons. The van der Waals surface area contributed by atoms with E-state index in [0.29, 0.717) is 6.54 Å². The minimum absolute atomic E-state index is 0.150. The number of benzene rings is 1. The lowest BCUT2D eigenvalue weighted by Gasteiger charge is -2.45. The van der Waals surface area contributed by atoms with Crippen LogP contribution < -0.4 is 5.73 Å². The molecule has 4 heteroatoms. The maximum atomic E-state index is 12.6. The van der Waals surface area contributed by atoms with Crippen molar-refractivity contribution in [1.82, 2.24) is 4.90 Å². The van der Waals surface area contributed by atoms with E-state index in [-0.39, 0.29) is 18.2 Å². The van der Waals surface area contributed by atoms with Gasteiger partial charge in [0, 0.05) is 12.6 Å². The topological polar surface area (TPSA) is 55.6 Å². The lowest BCUT2D eigenvalue weighted by Crippen LogP contribution is -2.53. The summed E-state index contributed by atoms with van der Waals surface area (Å²) in [6.07, 6.45) is 6.22. The second-order valence-electron chi connectivity index (χ2n) is 7.84. The number of hydrogen-bond acceptors (Lipinski definition) is 3. The summed E-state index contributed by atoms with van der Waals surface area (Å²) in [4.78, 5) is 14.6. The van der Waals surface area contributed by atoms with Gasteiger partial charge >= 0.3 is 6.09 Å². The van der Waals surface area contributed by atoms with Gasteiger partial charge in [0.05, 0.1) is 6.04 Å². The molecule has 2 unspecified atom stereocenters. The van der Waals surface area contributed by atoms with Crippen LogP contribution in [0.15, 0.2) is 30.3 Å². The van der Waals surface area contributed by atoms with Crippen LogP contribution in [-0.2, 0) is 11.3 Å². The molecule has 1 amide bonds. The van der Waals surface area contributed by atoms with Crippen molar-refractivity contribution in [2.24, 2.45) is 5.73 Å². The number of carbonyl (C=O) groups excluding carboxylic acids is 1. The van der Waals surface area contributed by atoms with Crippen molar-refractivity contribution in [2.75, 3.05) is 0 Å². The molecule has 2 bridgehead atoms. The first-order chi connectivity index (χ1) is 11.4. The molecule has 2 N–H and O–H groups in total. The third-order valence-corrected chi connectivity index (χ3v) is 4.80. The van der Waals surface area contributed by atoms with Gasteiger partial charge in [-0.1, -0.05) is 30.3 Å². The van der Waals surface area contributed by atoms with Crippen LogP contribution in [0.4, 0.5) is 4.79 Å². The summed E-state index contributed by atoms with van der Waals surface area (Å²) in [6, 6.07) is 8.86. The van der Waals surface area contributed by atoms with Gasteiger partial charge in [0.1, 0.15) is 5.60 Å². The van der Waals surface area contributed by atoms with Crippen molar-refractivity contribution in [3.8, 4) is 0 Å². The normalized spacial score (nSPS) is 23.7. The van der Waals surface area contributed by atoms with Crippen molar-refractivity contribution < 1.29 is 9.53 Å². The number of rotatable bonds is 2. The number of ether oxygens (including phenoxy) is 1. The fourth-order valence-corrected chi connectivity index (χ4v) is 3.70. The minimum Gasteiger partial charge on any atom is -0.444 e. The SMILES string of the molecule is CC(C)(C)OC(=O)N1C2C=C(c3ccc(CN)cc3)CC1CCC2. The number of nitrogens with zero attached hydrogens (tertiary/aromatic N) is 1. The maximum Gasteiger partial charge on any atom is 0.411 e. The second-order valence-corrected chi connectivity index (χ2v) is 7.84. The highest BCUT2D eigenvalue weighted by Crippen LogP contribution is 2.37. The fraction of sp³-hybridized carbons (Fsp3) is 0.550. The van der Waals surface area contributed by atoms with Gasteiger partial charge in [-0.3, -0.25) is 4.90 Å². The summed E-state index contributed by atoms with van der Waals surface area (Å²) >= 11 is 0. The van der Waals surface area contributed by atoms with Gasteiger partial charge in [0.25, 0.3) is 0 Å². The van der Waals surface area contributed by atoms with E-state index in [1.807, 2.05) is 25.7 Å². The third kappa shape index (κ3) is 3.64. The molecule has 2 heterocycles. The molecule has 2 aliphatic heterocycles. The quantitative estimate of drug-likeness (QED) is 0.889. The van der Waals surface area contributed by atoms with Crippen LogP contribution in [0.25, 0.3) is 5.57 Å². The summed E-state index contributed by atoms with van der Waals surface area (Å²) in [6.45, 7) is 6.33. The first-order valence-electron chi connectivity index (χ1n) is 8.89. The maximum absolute atomic E-state index is 12.6. The molecule has 3 rings (SSSR count). The average Bonchev–Trinajstić information content (AvgIpc) is 2.52. The van der Waals surface area contributed by atoms with E-state index < -0.39 is 5.60 Å². The van der Waals surface area contributed by atoms with Gasteiger partial charge in [-0.2, -0.15) is 0 Å². The monoisotopic (exact) mass is 328 g/mol. The minimum atomic E-state index is -0.451. The highest BCUT2D eigenvalue weighted by molar-refractivity contribution is 5.74. The van der Waals surface area contributed by atoms with E-state index in [1.165, 1.54) is 17.6 Å². The van der Waals surface area contributed by atoms with E-state index in [9.17, 15) is 4.79 Å². The van der Waals surface area contributed by atoms with Crippen LogP contribution in [-0.4, -0.2) is 28.7 Å². The summed E-state index contributed by atoms with van der Waals surface area (Å²) < 4.78 is 5.63. The smallest absolute Gasteiger partial charge is 0.411 e. The molecule has 1 saturated heterocycles. The van der Waals surface area contributed by atoms with Gasteiger partial charge in [-0.05, 0) is 63.2 Å². The van der Waals surface area contributed by atoms with Crippen LogP contribution in [0.2, 0.25) is 0 Å². The van der Waals surface area contributed by atoms with Crippen LogP contribution in [0, 0.1) is 0 Å². The molecule has 2 aliphatic rings. The lowest BCUT2D eigenvalue weighted by molar-refractivity contribution is 0.0000861. The molecule has 24 heavy (non-hydrogen) atoms. The molecule has 0 radical (unpaired) electrons. The average molecular weight is 328 g/mol. The Hall–Kier alpha value is -1.81. The standard InChI is InChI=1S/C20H28N2O2/c1-20(2,3)24-19(23)22-17-5-4-6-18(22)12-16(11-17)15-9-7-14(13-21)8-10-15/h7-11,17-18H,4-6,12-13,21H2,1-3H3. The highest BCUT2D eigenvalue weighted by Gasteiger charge is 2.39. The van der Waals surface area contributed by atoms with Crippen molar-refractivity contribution in [1.29, 1.82) is 0 Å². The zero-order valence-corrected chi connectivity index (χ0v) is 14.9. The third-order valence-electron chi connectivity index (χ3n) is 4.80. The number of piperidine rings is 1. The first-order valence-corrected chi connectivity index (χ1v) is 8.89. The zero-order valence-electron chi connectivity index (χ0n) is 14.9. The molecule has 4 nitrogen and oxygen atoms in total. The lowest BCUT2D eigenvalue weighted by atomic mass is 9.83. The molecule has 0 aromatic heterocycles. The summed E-state index contributed by atoms with van der Waals surface area (Å²) in [5.74, 6) is 0. The molecule has 1 aromatic carbocycles. The number of nitrogens with two attached hydrogens (primary N) is 1. The van der Waals surface area contributed by atoms with E-state index in [0.717, 1.165) is 24.8 Å². The molecular weight excluding hydrogens is 300 g/mol. The van der Waals surface area contributed by atoms with E-state index in [4.69, 9.17) is 10.5 Å². The Kier molecular flexibility index (Phi) is 4.68. The van der Waals surface area contributed by atoms with Crippen molar-refractivity contribution >= 4 is 11.7 Å². The van der Waals surface area contributed by atoms with Crippen molar-refractivity contribution in [2.45, 2.75) is 70.7 Å². The van der Waals surface area contributed by atoms with Crippen LogP contribution >= 0.6 is 0 Å². The Balaban J connectivity index is 1.82. The molecule has 0 spiro atoms. The number of hydrogen-bond donors (Lipinski definition) is 1. The molecule has 2 atom stereocenters. The molecular formula is C20H28N2O2. The highest BCUT2D eigenvalue weighted by atomic mass is 16.6. The number of carbonyl (C=O) groups is 1. The molecule has 0 aliphatic carbocycles. The van der Waals surface area contributed by atoms with Gasteiger partial charge in [0.2, 0.25) is 0 Å². The molecule has 1 aromatic rings. The van der Waals surface area contributed by atoms with E-state index >= 15 is 0 Å². The Morgan fingerprint density at radius 3 is 2.54 bits per heavy atom. The number of fused-ring (bicyclic) bond motifs is 2. The van der Waals surface area contributed by atoms with Crippen LogP contribution in [0.1, 0.15) is 57.6 Å². The van der Waals surface area contributed by atoms with Gasteiger partial charge in [-0.25, -0.2) is 4.79 Å². The summed E-state index contributed by atoms with van der Waals surface area (Å²) in [5.41, 5.74) is 8.96. The summed E-state index contributed by atoms with van der Waals surface area (Å²) in [5, 5.41) is 0. The molecule has 0 saturated carbocycles. The van der Waals surface area contributed by atoms with Crippen molar-refractivity contribution in [3.63, 3.8) is 0 Å². The molecule has 1 fully saturated rings. The summed E-state index contributed by atoms with van der Waals surface area (Å²) in [7, 11) is 0. The Bertz CT molecular complexity index is 628. The first kappa shape index (κ1) is 17.0. The Morgan fingerprint density at radius 2 is 1.96 bits per heavy atom. The second kappa shape index (κ2) is 6.60. The van der Waals surface area contributed by atoms with Gasteiger partial charge in [-0.15, -0.1) is 0 Å². The largest absolute Gasteiger partial charge is 0.444 e. The Labute approximate surface area is 144 Å².